The third-order valence-electron chi connectivity index (χ3n) is 7.10. The number of halogens is 1. The highest BCUT2D eigenvalue weighted by molar-refractivity contribution is 5.99. The Morgan fingerprint density at radius 1 is 1.00 bits per heavy atom. The molecular formula is C26H30FN3O. The Balaban J connectivity index is 1.24. The van der Waals surface area contributed by atoms with E-state index in [-0.39, 0.29) is 17.8 Å². The van der Waals surface area contributed by atoms with Gasteiger partial charge in [0.15, 0.2) is 0 Å². The van der Waals surface area contributed by atoms with Crippen LogP contribution in [0.1, 0.15) is 49.5 Å². The van der Waals surface area contributed by atoms with Gasteiger partial charge in [-0.15, -0.1) is 0 Å². The molecule has 2 aromatic carbocycles. The summed E-state index contributed by atoms with van der Waals surface area (Å²) in [6.45, 7) is 4.39. The van der Waals surface area contributed by atoms with Crippen LogP contribution in [-0.2, 0) is 0 Å². The lowest BCUT2D eigenvalue weighted by atomic mass is 9.87. The fourth-order valence-electron chi connectivity index (χ4n) is 5.18. The molecule has 0 spiro atoms. The maximum Gasteiger partial charge on any atom is 0.267 e. The fourth-order valence-corrected chi connectivity index (χ4v) is 5.18. The number of rotatable bonds is 4. The van der Waals surface area contributed by atoms with Crippen molar-refractivity contribution in [3.05, 3.63) is 60.0 Å². The van der Waals surface area contributed by atoms with Gasteiger partial charge in [0, 0.05) is 36.1 Å². The number of nitrogens with one attached hydrogen (secondary N) is 2. The largest absolute Gasteiger partial charge is 0.351 e. The minimum atomic E-state index is -0.243. The van der Waals surface area contributed by atoms with Gasteiger partial charge in [-0.2, -0.15) is 0 Å². The maximum atomic E-state index is 13.2. The number of aromatic amines is 1. The van der Waals surface area contributed by atoms with Crippen LogP contribution in [-0.4, -0.2) is 41.0 Å². The second-order valence-corrected chi connectivity index (χ2v) is 9.36. The van der Waals surface area contributed by atoms with Gasteiger partial charge < -0.3 is 10.3 Å². The molecule has 1 saturated heterocycles. The summed E-state index contributed by atoms with van der Waals surface area (Å²) in [4.78, 5) is 18.7. The smallest absolute Gasteiger partial charge is 0.267 e. The molecule has 1 aromatic heterocycles. The van der Waals surface area contributed by atoms with E-state index in [1.807, 2.05) is 24.3 Å². The number of fused-ring (bicyclic) bond motifs is 1. The van der Waals surface area contributed by atoms with Crippen molar-refractivity contribution >= 4 is 16.8 Å². The molecule has 162 valence electrons. The van der Waals surface area contributed by atoms with Crippen LogP contribution in [0.3, 0.4) is 0 Å². The first-order valence-corrected chi connectivity index (χ1v) is 11.5. The van der Waals surface area contributed by atoms with Crippen molar-refractivity contribution in [3.8, 4) is 11.1 Å². The SMILES string of the molecule is CC1CCC(N2CC[C@H](NC(=O)c3cc4ccc(-c5ccc(F)cc5)cc4[nH]3)C2)CC1. The highest BCUT2D eigenvalue weighted by Gasteiger charge is 2.31. The second-order valence-electron chi connectivity index (χ2n) is 9.36. The summed E-state index contributed by atoms with van der Waals surface area (Å²) in [5.41, 5.74) is 3.45. The van der Waals surface area contributed by atoms with Gasteiger partial charge in [-0.25, -0.2) is 4.39 Å². The first-order chi connectivity index (χ1) is 15.0. The van der Waals surface area contributed by atoms with E-state index in [2.05, 4.69) is 22.1 Å². The van der Waals surface area contributed by atoms with Gasteiger partial charge in [-0.3, -0.25) is 9.69 Å². The zero-order valence-corrected chi connectivity index (χ0v) is 18.0. The molecule has 1 atom stereocenters. The molecule has 2 aliphatic rings. The molecule has 3 aromatic rings. The van der Waals surface area contributed by atoms with Crippen molar-refractivity contribution in [2.75, 3.05) is 13.1 Å². The summed E-state index contributed by atoms with van der Waals surface area (Å²) >= 11 is 0. The number of carbonyl (C=O) groups excluding carboxylic acids is 1. The van der Waals surface area contributed by atoms with Crippen LogP contribution < -0.4 is 5.32 Å². The van der Waals surface area contributed by atoms with E-state index in [1.54, 1.807) is 12.1 Å². The molecule has 2 N–H and O–H groups in total. The van der Waals surface area contributed by atoms with Crippen LogP contribution in [0, 0.1) is 11.7 Å². The number of carbonyl (C=O) groups is 1. The van der Waals surface area contributed by atoms with E-state index in [4.69, 9.17) is 0 Å². The third kappa shape index (κ3) is 4.38. The van der Waals surface area contributed by atoms with E-state index in [0.717, 1.165) is 47.5 Å². The van der Waals surface area contributed by atoms with Crippen LogP contribution >= 0.6 is 0 Å². The van der Waals surface area contributed by atoms with Crippen LogP contribution in [0.25, 0.3) is 22.0 Å². The molecular weight excluding hydrogens is 389 g/mol. The molecule has 1 saturated carbocycles. The quantitative estimate of drug-likeness (QED) is 0.598. The predicted octanol–water partition coefficient (Wildman–Crippen LogP) is 5.36. The van der Waals surface area contributed by atoms with E-state index in [9.17, 15) is 9.18 Å². The number of hydrogen-bond acceptors (Lipinski definition) is 2. The number of nitrogens with zero attached hydrogens (tertiary/aromatic N) is 1. The van der Waals surface area contributed by atoms with Crippen molar-refractivity contribution < 1.29 is 9.18 Å². The van der Waals surface area contributed by atoms with E-state index >= 15 is 0 Å². The topological polar surface area (TPSA) is 48.1 Å². The summed E-state index contributed by atoms with van der Waals surface area (Å²) in [6.07, 6.45) is 6.26. The van der Waals surface area contributed by atoms with Crippen LogP contribution in [0.2, 0.25) is 0 Å². The number of amides is 1. The Kier molecular flexibility index (Phi) is 5.53. The molecule has 1 aliphatic carbocycles. The zero-order chi connectivity index (χ0) is 21.4. The molecule has 4 nitrogen and oxygen atoms in total. The maximum absolute atomic E-state index is 13.2. The van der Waals surface area contributed by atoms with Crippen molar-refractivity contribution in [2.24, 2.45) is 5.92 Å². The van der Waals surface area contributed by atoms with Gasteiger partial charge in [-0.05, 0) is 73.4 Å². The normalized spacial score (nSPS) is 24.5. The third-order valence-corrected chi connectivity index (χ3v) is 7.10. The highest BCUT2D eigenvalue weighted by Crippen LogP contribution is 2.29. The monoisotopic (exact) mass is 419 g/mol. The van der Waals surface area contributed by atoms with E-state index in [1.165, 1.54) is 37.8 Å². The molecule has 1 aliphatic heterocycles. The summed E-state index contributed by atoms with van der Waals surface area (Å²) < 4.78 is 13.2. The lowest BCUT2D eigenvalue weighted by Gasteiger charge is -2.33. The minimum Gasteiger partial charge on any atom is -0.351 e. The van der Waals surface area contributed by atoms with Crippen LogP contribution in [0.5, 0.6) is 0 Å². The lowest BCUT2D eigenvalue weighted by molar-refractivity contribution is 0.0929. The second kappa shape index (κ2) is 8.46. The number of H-pyrrole nitrogens is 1. The average Bonchev–Trinajstić information content (AvgIpc) is 3.41. The molecule has 2 heterocycles. The number of likely N-dealkylation sites (tertiary alicyclic amines) is 1. The summed E-state index contributed by atoms with van der Waals surface area (Å²) in [7, 11) is 0. The molecule has 2 fully saturated rings. The van der Waals surface area contributed by atoms with Crippen molar-refractivity contribution in [1.82, 2.24) is 15.2 Å². The standard InChI is InChI=1S/C26H30FN3O/c1-17-2-10-23(11-3-17)30-13-12-22(16-30)28-26(31)25-15-20-5-4-19(14-24(20)29-25)18-6-8-21(27)9-7-18/h4-9,14-15,17,22-23,29H,2-3,10-13,16H2,1H3,(H,28,31)/t17?,22-,23?/m0/s1. The molecule has 0 bridgehead atoms. The Hall–Kier alpha value is -2.66. The Morgan fingerprint density at radius 2 is 1.74 bits per heavy atom. The van der Waals surface area contributed by atoms with Gasteiger partial charge >= 0.3 is 0 Å². The van der Waals surface area contributed by atoms with E-state index < -0.39 is 0 Å². The van der Waals surface area contributed by atoms with Gasteiger partial charge in [-0.1, -0.05) is 31.2 Å². The Bertz CT molecular complexity index is 1070. The number of aromatic nitrogens is 1. The van der Waals surface area contributed by atoms with Crippen LogP contribution in [0.15, 0.2) is 48.5 Å². The van der Waals surface area contributed by atoms with Gasteiger partial charge in [0.25, 0.3) is 5.91 Å². The van der Waals surface area contributed by atoms with Gasteiger partial charge in [0.1, 0.15) is 11.5 Å². The molecule has 5 rings (SSSR count). The fraction of sp³-hybridized carbons (Fsp3) is 0.423. The van der Waals surface area contributed by atoms with Gasteiger partial charge in [0.2, 0.25) is 0 Å². The number of hydrogen-bond donors (Lipinski definition) is 2. The first kappa shape index (κ1) is 20.3. The van der Waals surface area contributed by atoms with Gasteiger partial charge in [0.05, 0.1) is 0 Å². The van der Waals surface area contributed by atoms with Crippen LogP contribution in [0.4, 0.5) is 4.39 Å². The summed E-state index contributed by atoms with van der Waals surface area (Å²) in [6, 6.07) is 15.3. The predicted molar refractivity (Wildman–Crippen MR) is 123 cm³/mol. The molecule has 0 radical (unpaired) electrons. The molecule has 5 heteroatoms. The summed E-state index contributed by atoms with van der Waals surface area (Å²) in [5, 5.41) is 4.23. The number of benzene rings is 2. The Morgan fingerprint density at radius 3 is 2.52 bits per heavy atom. The average molecular weight is 420 g/mol. The minimum absolute atomic E-state index is 0.0383. The van der Waals surface area contributed by atoms with Crippen molar-refractivity contribution in [2.45, 2.75) is 51.1 Å². The zero-order valence-electron chi connectivity index (χ0n) is 18.0. The lowest BCUT2D eigenvalue weighted by Crippen LogP contribution is -2.41. The van der Waals surface area contributed by atoms with Crippen molar-refractivity contribution in [1.29, 1.82) is 0 Å². The summed E-state index contributed by atoms with van der Waals surface area (Å²) in [5.74, 6) is 0.579. The molecule has 0 unspecified atom stereocenters. The highest BCUT2D eigenvalue weighted by atomic mass is 19.1. The molecule has 1 amide bonds. The van der Waals surface area contributed by atoms with Crippen molar-refractivity contribution in [3.63, 3.8) is 0 Å². The van der Waals surface area contributed by atoms with E-state index in [0.29, 0.717) is 11.7 Å². The first-order valence-electron chi connectivity index (χ1n) is 11.5. The Labute approximate surface area is 182 Å². The molecule has 31 heavy (non-hydrogen) atoms.